The smallest absolute Gasteiger partial charge is 0.184 e. The Morgan fingerprint density at radius 1 is 0.757 bits per heavy atom. The molecule has 0 heterocycles. The molecule has 0 aliphatic heterocycles. The fraction of sp³-hybridized carbons (Fsp3) is 1.00. The Kier molecular flexibility index (Phi) is 8.72. The lowest BCUT2D eigenvalue weighted by Crippen LogP contribution is -2.66. The van der Waals surface area contributed by atoms with Crippen molar-refractivity contribution >= 4 is 16.6 Å². The van der Waals surface area contributed by atoms with E-state index in [1.807, 2.05) is 0 Å². The highest BCUT2D eigenvalue weighted by atomic mass is 28.4. The fourth-order valence-electron chi connectivity index (χ4n) is 10.6. The summed E-state index contributed by atoms with van der Waals surface area (Å²) in [5, 5.41) is 0. The van der Waals surface area contributed by atoms with E-state index in [0.29, 0.717) is 16.9 Å². The molecule has 4 rings (SSSR count). The van der Waals surface area contributed by atoms with E-state index in [-0.39, 0.29) is 5.60 Å². The minimum atomic E-state index is -1.69. The number of hydrogen-bond acceptors (Lipinski definition) is 2. The van der Waals surface area contributed by atoms with Crippen molar-refractivity contribution in [2.45, 2.75) is 163 Å². The summed E-state index contributed by atoms with van der Waals surface area (Å²) in [4.78, 5) is 0. The van der Waals surface area contributed by atoms with Crippen LogP contribution in [0.2, 0.25) is 39.3 Å². The second-order valence-electron chi connectivity index (χ2n) is 17.2. The zero-order valence-corrected chi connectivity index (χ0v) is 28.8. The van der Waals surface area contributed by atoms with Gasteiger partial charge < -0.3 is 8.85 Å². The summed E-state index contributed by atoms with van der Waals surface area (Å²) in [5.74, 6) is 5.41. The average Bonchev–Trinajstić information content (AvgIpc) is 3.09. The maximum absolute atomic E-state index is 7.40. The van der Waals surface area contributed by atoms with Gasteiger partial charge in [0, 0.05) is 12.5 Å². The van der Waals surface area contributed by atoms with Crippen LogP contribution in [-0.2, 0) is 8.85 Å². The summed E-state index contributed by atoms with van der Waals surface area (Å²) < 4.78 is 14.2. The zero-order valence-electron chi connectivity index (χ0n) is 26.8. The molecule has 0 spiro atoms. The van der Waals surface area contributed by atoms with E-state index in [0.717, 1.165) is 41.9 Å². The van der Waals surface area contributed by atoms with E-state index in [4.69, 9.17) is 8.85 Å². The standard InChI is InChI=1S/C33H64O2Si2/c1-24(2)13-12-14-25(3)28-15-16-29-27-18-22-33(35-37(9,10)11)23-26(34-36(6,7)8)17-21-32(33,5)30(27)19-20-31(28,29)4/h24-30H,12-23H2,1-11H3/t25-,26?,27+,28-,29+,30+,31-,32-,33?/m1/s1. The molecule has 4 aliphatic carbocycles. The van der Waals surface area contributed by atoms with Gasteiger partial charge in [0.05, 0.1) is 5.60 Å². The van der Waals surface area contributed by atoms with Gasteiger partial charge in [-0.15, -0.1) is 0 Å². The Labute approximate surface area is 234 Å². The molecule has 0 aromatic rings. The summed E-state index contributed by atoms with van der Waals surface area (Å²) in [6, 6.07) is 0. The van der Waals surface area contributed by atoms with Gasteiger partial charge in [-0.3, -0.25) is 0 Å². The first-order chi connectivity index (χ1) is 17.0. The van der Waals surface area contributed by atoms with Crippen LogP contribution in [0.3, 0.4) is 0 Å². The van der Waals surface area contributed by atoms with E-state index in [1.165, 1.54) is 70.6 Å². The Morgan fingerprint density at radius 2 is 1.46 bits per heavy atom. The molecule has 0 radical (unpaired) electrons. The van der Waals surface area contributed by atoms with Gasteiger partial charge >= 0.3 is 0 Å². The molecule has 0 N–H and O–H groups in total. The monoisotopic (exact) mass is 548 g/mol. The lowest BCUT2D eigenvalue weighted by atomic mass is 9.43. The van der Waals surface area contributed by atoms with Crippen molar-refractivity contribution in [3.05, 3.63) is 0 Å². The number of fused-ring (bicyclic) bond motifs is 5. The summed E-state index contributed by atoms with van der Waals surface area (Å²) in [6.45, 7) is 27.2. The maximum atomic E-state index is 7.40. The molecule has 0 amide bonds. The van der Waals surface area contributed by atoms with Crippen molar-refractivity contribution in [1.82, 2.24) is 0 Å². The molecule has 216 valence electrons. The third-order valence-corrected chi connectivity index (χ3v) is 14.0. The largest absolute Gasteiger partial charge is 0.415 e. The van der Waals surface area contributed by atoms with Crippen LogP contribution in [0.1, 0.15) is 112 Å². The van der Waals surface area contributed by atoms with Crippen LogP contribution in [-0.4, -0.2) is 28.3 Å². The minimum absolute atomic E-state index is 0.0388. The molecule has 4 heteroatoms. The lowest BCUT2D eigenvalue weighted by Gasteiger charge is -2.67. The molecule has 0 saturated heterocycles. The molecule has 4 fully saturated rings. The van der Waals surface area contributed by atoms with Gasteiger partial charge in [-0.1, -0.05) is 53.9 Å². The van der Waals surface area contributed by atoms with Gasteiger partial charge in [-0.25, -0.2) is 0 Å². The SMILES string of the molecule is CC(C)CCC[C@@H](C)[C@H]1CC[C@H]2[C@@H]3CCC4(O[Si](C)(C)C)CC(O[Si](C)(C)C)CC[C@]4(C)[C@H]3CC[C@]12C. The first-order valence-corrected chi connectivity index (χ1v) is 23.2. The van der Waals surface area contributed by atoms with Crippen molar-refractivity contribution in [2.75, 3.05) is 0 Å². The summed E-state index contributed by atoms with van der Waals surface area (Å²) in [7, 11) is -3.24. The second-order valence-corrected chi connectivity index (χ2v) is 26.1. The van der Waals surface area contributed by atoms with E-state index in [2.05, 4.69) is 73.9 Å². The topological polar surface area (TPSA) is 18.5 Å². The Bertz CT molecular complexity index is 784. The highest BCUT2D eigenvalue weighted by molar-refractivity contribution is 6.70. The van der Waals surface area contributed by atoms with Crippen LogP contribution in [0.25, 0.3) is 0 Å². The molecular formula is C33H64O2Si2. The van der Waals surface area contributed by atoms with E-state index in [1.54, 1.807) is 0 Å². The Balaban J connectivity index is 1.55. The van der Waals surface area contributed by atoms with Crippen LogP contribution >= 0.6 is 0 Å². The Hall–Kier alpha value is 0.354. The van der Waals surface area contributed by atoms with Crippen LogP contribution < -0.4 is 0 Å². The minimum Gasteiger partial charge on any atom is -0.415 e. The van der Waals surface area contributed by atoms with Gasteiger partial charge in [-0.05, 0) is 137 Å². The molecule has 4 aliphatic rings. The molecule has 0 bridgehead atoms. The molecular weight excluding hydrogens is 485 g/mol. The third-order valence-electron chi connectivity index (χ3n) is 11.9. The van der Waals surface area contributed by atoms with Crippen LogP contribution in [0.15, 0.2) is 0 Å². The van der Waals surface area contributed by atoms with Gasteiger partial charge in [0.15, 0.2) is 16.6 Å². The van der Waals surface area contributed by atoms with Crippen LogP contribution in [0.4, 0.5) is 0 Å². The molecule has 9 atom stereocenters. The normalized spacial score (nSPS) is 43.3. The summed E-state index contributed by atoms with van der Waals surface area (Å²) in [6.07, 6.45) is 17.0. The van der Waals surface area contributed by atoms with Crippen molar-refractivity contribution in [3.8, 4) is 0 Å². The van der Waals surface area contributed by atoms with E-state index >= 15 is 0 Å². The summed E-state index contributed by atoms with van der Waals surface area (Å²) in [5.41, 5.74) is 0.932. The van der Waals surface area contributed by atoms with Crippen LogP contribution in [0, 0.1) is 46.3 Å². The lowest BCUT2D eigenvalue weighted by molar-refractivity contribution is -0.209. The first-order valence-electron chi connectivity index (χ1n) is 16.4. The van der Waals surface area contributed by atoms with Crippen LogP contribution in [0.5, 0.6) is 0 Å². The van der Waals surface area contributed by atoms with Crippen molar-refractivity contribution in [2.24, 2.45) is 46.3 Å². The molecule has 0 aromatic carbocycles. The van der Waals surface area contributed by atoms with Gasteiger partial charge in [0.25, 0.3) is 0 Å². The Morgan fingerprint density at radius 3 is 2.08 bits per heavy atom. The average molecular weight is 549 g/mol. The van der Waals surface area contributed by atoms with Gasteiger partial charge in [-0.2, -0.15) is 0 Å². The molecule has 2 nitrogen and oxygen atoms in total. The van der Waals surface area contributed by atoms with E-state index < -0.39 is 16.6 Å². The van der Waals surface area contributed by atoms with Gasteiger partial charge in [0.2, 0.25) is 0 Å². The highest BCUT2D eigenvalue weighted by Gasteiger charge is 2.66. The molecule has 37 heavy (non-hydrogen) atoms. The molecule has 0 aromatic heterocycles. The van der Waals surface area contributed by atoms with E-state index in [9.17, 15) is 0 Å². The molecule has 2 unspecified atom stereocenters. The number of hydrogen-bond donors (Lipinski definition) is 0. The predicted octanol–water partition coefficient (Wildman–Crippen LogP) is 10.3. The van der Waals surface area contributed by atoms with Crippen molar-refractivity contribution in [3.63, 3.8) is 0 Å². The van der Waals surface area contributed by atoms with Gasteiger partial charge in [0.1, 0.15) is 0 Å². The third kappa shape index (κ3) is 6.03. The highest BCUT2D eigenvalue weighted by Crippen LogP contribution is 2.70. The number of rotatable bonds is 9. The second kappa shape index (κ2) is 10.6. The predicted molar refractivity (Wildman–Crippen MR) is 165 cm³/mol. The zero-order chi connectivity index (χ0) is 27.4. The summed E-state index contributed by atoms with van der Waals surface area (Å²) >= 11 is 0. The molecule has 4 saturated carbocycles. The first kappa shape index (κ1) is 30.3. The fourth-order valence-corrected chi connectivity index (χ4v) is 13.4. The van der Waals surface area contributed by atoms with Crippen molar-refractivity contribution < 1.29 is 8.85 Å². The quantitative estimate of drug-likeness (QED) is 0.267. The van der Waals surface area contributed by atoms with Crippen molar-refractivity contribution in [1.29, 1.82) is 0 Å². The maximum Gasteiger partial charge on any atom is 0.184 e.